The van der Waals surface area contributed by atoms with Crippen LogP contribution in [0.3, 0.4) is 0 Å². The van der Waals surface area contributed by atoms with E-state index in [1.54, 1.807) is 0 Å². The Morgan fingerprint density at radius 1 is 0.429 bits per heavy atom. The van der Waals surface area contributed by atoms with Crippen molar-refractivity contribution in [3.63, 3.8) is 0 Å². The van der Waals surface area contributed by atoms with Crippen LogP contribution >= 0.6 is 0 Å². The van der Waals surface area contributed by atoms with E-state index in [0.717, 1.165) is 12.1 Å². The van der Waals surface area contributed by atoms with E-state index in [9.17, 15) is 0 Å². The van der Waals surface area contributed by atoms with Gasteiger partial charge in [-0.3, -0.25) is 0 Å². The Morgan fingerprint density at radius 2 is 0.771 bits per heavy atom. The maximum Gasteiger partial charge on any atom is 0.317 e. The second kappa shape index (κ2) is 15.3. The van der Waals surface area contributed by atoms with Gasteiger partial charge in [0.1, 0.15) is 0 Å². The average Bonchev–Trinajstić information content (AvgIpc) is 2.65. The summed E-state index contributed by atoms with van der Waals surface area (Å²) in [5.74, 6) is 0. The molecule has 8 nitrogen and oxygen atoms in total. The van der Waals surface area contributed by atoms with Crippen LogP contribution < -0.4 is 0 Å². The van der Waals surface area contributed by atoms with Gasteiger partial charge < -0.3 is 32.9 Å². The predicted molar refractivity (Wildman–Crippen MR) is 161 cm³/mol. The molecule has 5 atom stereocenters. The molecule has 2 heterocycles. The van der Waals surface area contributed by atoms with Crippen molar-refractivity contribution >= 4 is 72.1 Å². The molecule has 0 spiro atoms. The molecule has 2 fully saturated rings. The lowest BCUT2D eigenvalue weighted by Gasteiger charge is -2.41. The summed E-state index contributed by atoms with van der Waals surface area (Å²) in [6.07, 6.45) is 10.1. The van der Waals surface area contributed by atoms with Crippen molar-refractivity contribution < 1.29 is 32.9 Å². The van der Waals surface area contributed by atoms with E-state index < -0.39 is 72.1 Å². The molecule has 208 valence electrons. The zero-order valence-corrected chi connectivity index (χ0v) is 32.5. The third-order valence-electron chi connectivity index (χ3n) is 6.32. The first-order valence-corrected chi connectivity index (χ1v) is 32.0. The predicted octanol–water partition coefficient (Wildman–Crippen LogP) is 4.36. The van der Waals surface area contributed by atoms with Gasteiger partial charge >= 0.3 is 25.7 Å². The van der Waals surface area contributed by atoms with Gasteiger partial charge in [-0.2, -0.15) is 0 Å². The minimum absolute atomic E-state index is 1.05. The summed E-state index contributed by atoms with van der Waals surface area (Å²) < 4.78 is 50.1. The van der Waals surface area contributed by atoms with E-state index in [1.165, 1.54) is 51.4 Å². The molecule has 0 aromatic carbocycles. The van der Waals surface area contributed by atoms with Gasteiger partial charge in [0.05, 0.1) is 0 Å². The Labute approximate surface area is 226 Å². The van der Waals surface area contributed by atoms with E-state index in [2.05, 4.69) is 58.9 Å². The number of unbranched alkanes of at least 4 members (excludes halogenated alkanes) is 7. The zero-order chi connectivity index (χ0) is 26.1. The van der Waals surface area contributed by atoms with E-state index >= 15 is 0 Å². The van der Waals surface area contributed by atoms with Crippen molar-refractivity contribution in [1.29, 1.82) is 0 Å². The molecule has 0 amide bonds. The topological polar surface area (TPSA) is 73.8 Å². The van der Waals surface area contributed by atoms with Gasteiger partial charge in [0.25, 0.3) is 46.4 Å². The molecule has 2 saturated heterocycles. The van der Waals surface area contributed by atoms with Crippen molar-refractivity contribution in [3.8, 4) is 0 Å². The molecule has 0 saturated carbocycles. The first-order chi connectivity index (χ1) is 16.3. The Morgan fingerprint density at radius 3 is 1.26 bits per heavy atom. The van der Waals surface area contributed by atoms with Crippen LogP contribution in [0.5, 0.6) is 0 Å². The molecule has 2 aliphatic rings. The van der Waals surface area contributed by atoms with Crippen molar-refractivity contribution in [3.05, 3.63) is 0 Å². The normalized spacial score (nSPS) is 38.8. The number of rotatable bonds is 11. The lowest BCUT2D eigenvalue weighted by Crippen LogP contribution is -2.57. The van der Waals surface area contributed by atoms with Crippen LogP contribution in [0.25, 0.3) is 0 Å². The van der Waals surface area contributed by atoms with Crippen molar-refractivity contribution in [2.75, 3.05) is 0 Å². The first kappa shape index (κ1) is 32.6. The standard InChI is InChI=1S/C19H52O8Si8/c1-28-20-30(3)24-34(8,25-31(4)21-28)18-16-14-12-10-11-13-15-17-19-35(9)26-32(5)22-29(2)23-33(6,7)27-35/h28-32H,10-19H2,1-9H3. The summed E-state index contributed by atoms with van der Waals surface area (Å²) in [5, 5.41) is 0. The lowest BCUT2D eigenvalue weighted by atomic mass is 10.1. The summed E-state index contributed by atoms with van der Waals surface area (Å²) >= 11 is 0. The van der Waals surface area contributed by atoms with E-state index in [1.807, 2.05) is 0 Å². The summed E-state index contributed by atoms with van der Waals surface area (Å²) in [6.45, 7) is 19.2. The van der Waals surface area contributed by atoms with Crippen molar-refractivity contribution in [2.45, 2.75) is 122 Å². The Balaban J connectivity index is 1.57. The van der Waals surface area contributed by atoms with Crippen LogP contribution in [-0.4, -0.2) is 72.1 Å². The van der Waals surface area contributed by atoms with E-state index in [-0.39, 0.29) is 0 Å². The fourth-order valence-electron chi connectivity index (χ4n) is 5.18. The number of hydrogen-bond donors (Lipinski definition) is 0. The molecule has 0 radical (unpaired) electrons. The zero-order valence-electron chi connectivity index (χ0n) is 23.7. The van der Waals surface area contributed by atoms with Crippen molar-refractivity contribution in [2.24, 2.45) is 0 Å². The maximum absolute atomic E-state index is 6.57. The fraction of sp³-hybridized carbons (Fsp3) is 1.00. The molecule has 16 heteroatoms. The third-order valence-corrected chi connectivity index (χ3v) is 35.3. The highest BCUT2D eigenvalue weighted by Gasteiger charge is 2.44. The highest BCUT2D eigenvalue weighted by Crippen LogP contribution is 2.28. The van der Waals surface area contributed by atoms with Crippen LogP contribution in [0.2, 0.25) is 71.0 Å². The summed E-state index contributed by atoms with van der Waals surface area (Å²) in [6, 6.07) is 2.11. The molecule has 35 heavy (non-hydrogen) atoms. The highest BCUT2D eigenvalue weighted by atomic mass is 28.5. The van der Waals surface area contributed by atoms with Gasteiger partial charge in [0.15, 0.2) is 0 Å². The Bertz CT molecular complexity index is 609. The Hall–Kier alpha value is 1.42. The van der Waals surface area contributed by atoms with Crippen LogP contribution in [0, 0.1) is 0 Å². The quantitative estimate of drug-likeness (QED) is 0.246. The van der Waals surface area contributed by atoms with Crippen molar-refractivity contribution in [1.82, 2.24) is 0 Å². The second-order valence-corrected chi connectivity index (χ2v) is 32.7. The lowest BCUT2D eigenvalue weighted by molar-refractivity contribution is 0.258. The Kier molecular flexibility index (Phi) is 14.2. The molecular weight excluding hydrogens is 581 g/mol. The summed E-state index contributed by atoms with van der Waals surface area (Å²) in [7, 11) is -14.6. The van der Waals surface area contributed by atoms with Gasteiger partial charge in [-0.05, 0) is 71.0 Å². The van der Waals surface area contributed by atoms with E-state index in [4.69, 9.17) is 32.9 Å². The van der Waals surface area contributed by atoms with Crippen LogP contribution in [0.1, 0.15) is 51.4 Å². The molecule has 0 aromatic rings. The van der Waals surface area contributed by atoms with Gasteiger partial charge in [-0.25, -0.2) is 0 Å². The van der Waals surface area contributed by atoms with E-state index in [0.29, 0.717) is 0 Å². The van der Waals surface area contributed by atoms with Gasteiger partial charge in [-0.15, -0.1) is 0 Å². The van der Waals surface area contributed by atoms with Gasteiger partial charge in [0, 0.05) is 0 Å². The second-order valence-electron chi connectivity index (χ2n) is 10.8. The molecular formula is C19H52O8Si8. The van der Waals surface area contributed by atoms with Crippen LogP contribution in [0.4, 0.5) is 0 Å². The highest BCUT2D eigenvalue weighted by molar-refractivity contribution is 6.86. The van der Waals surface area contributed by atoms with Crippen LogP contribution in [-0.2, 0) is 32.9 Å². The maximum atomic E-state index is 6.57. The largest absolute Gasteiger partial charge is 0.420 e. The monoisotopic (exact) mass is 632 g/mol. The molecule has 0 bridgehead atoms. The minimum atomic E-state index is -2.21. The fourth-order valence-corrected chi connectivity index (χ4v) is 36.7. The smallest absolute Gasteiger partial charge is 0.317 e. The molecule has 0 aliphatic carbocycles. The minimum Gasteiger partial charge on any atom is -0.420 e. The molecule has 5 unspecified atom stereocenters. The van der Waals surface area contributed by atoms with Gasteiger partial charge in [-0.1, -0.05) is 51.4 Å². The SMILES string of the molecule is C[SiH]1O[SiH](C)O[Si](C)(CCCCCCCCCC[Si]2(C)O[SiH](C)O[SiH](C)O[Si](C)(C)O2)O[SiH](C)O1. The molecule has 2 rings (SSSR count). The summed E-state index contributed by atoms with van der Waals surface area (Å²) in [4.78, 5) is 0. The summed E-state index contributed by atoms with van der Waals surface area (Å²) in [5.41, 5.74) is 0. The molecule has 0 N–H and O–H groups in total. The molecule has 2 aliphatic heterocycles. The average molecular weight is 633 g/mol. The first-order valence-electron chi connectivity index (χ1n) is 13.7. The van der Waals surface area contributed by atoms with Gasteiger partial charge in [0.2, 0.25) is 0 Å². The molecule has 0 aromatic heterocycles. The number of hydrogen-bond acceptors (Lipinski definition) is 8. The van der Waals surface area contributed by atoms with Crippen LogP contribution in [0.15, 0.2) is 0 Å². The third kappa shape index (κ3) is 13.4.